The lowest BCUT2D eigenvalue weighted by Crippen LogP contribution is -2.20. The number of hydrogen-bond donors (Lipinski definition) is 1. The predicted molar refractivity (Wildman–Crippen MR) is 75.7 cm³/mol. The molecule has 19 heavy (non-hydrogen) atoms. The first-order chi connectivity index (χ1) is 9.16. The van der Waals surface area contributed by atoms with Gasteiger partial charge < -0.3 is 10.0 Å². The molecule has 0 aliphatic heterocycles. The van der Waals surface area contributed by atoms with Gasteiger partial charge in [0, 0.05) is 19.3 Å². The molecule has 2 aromatic rings. The van der Waals surface area contributed by atoms with Crippen molar-refractivity contribution in [3.63, 3.8) is 0 Å². The van der Waals surface area contributed by atoms with E-state index in [1.807, 2.05) is 42.3 Å². The average Bonchev–Trinajstić information content (AvgIpc) is 2.46. The summed E-state index contributed by atoms with van der Waals surface area (Å²) in [7, 11) is 1.94. The summed E-state index contributed by atoms with van der Waals surface area (Å²) in [5.74, 6) is -0.235. The molecule has 0 spiro atoms. The normalized spacial score (nSPS) is 12.2. The smallest absolute Gasteiger partial charge is 0.123 e. The molecular formula is C16H18FNO. The molecule has 0 aliphatic rings. The molecule has 0 aromatic heterocycles. The van der Waals surface area contributed by atoms with Gasteiger partial charge in [0.1, 0.15) is 5.82 Å². The predicted octanol–water partition coefficient (Wildman–Crippen LogP) is 3.39. The van der Waals surface area contributed by atoms with Crippen molar-refractivity contribution in [3.8, 4) is 0 Å². The van der Waals surface area contributed by atoms with E-state index in [0.29, 0.717) is 13.0 Å². The number of hydrogen-bond acceptors (Lipinski definition) is 2. The highest BCUT2D eigenvalue weighted by atomic mass is 19.1. The number of halogens is 1. The molecule has 1 unspecified atom stereocenters. The number of nitrogens with zero attached hydrogens (tertiary/aromatic N) is 1. The van der Waals surface area contributed by atoms with E-state index in [2.05, 4.69) is 0 Å². The molecule has 0 aliphatic carbocycles. The lowest BCUT2D eigenvalue weighted by atomic mass is 10.1. The first-order valence-electron chi connectivity index (χ1n) is 6.36. The van der Waals surface area contributed by atoms with Crippen molar-refractivity contribution in [2.45, 2.75) is 12.5 Å². The fourth-order valence-electron chi connectivity index (χ4n) is 1.98. The Bertz CT molecular complexity index is 498. The summed E-state index contributed by atoms with van der Waals surface area (Å²) >= 11 is 0. The summed E-state index contributed by atoms with van der Waals surface area (Å²) in [4.78, 5) is 2.01. The molecule has 3 heteroatoms. The van der Waals surface area contributed by atoms with Crippen LogP contribution in [0.15, 0.2) is 54.6 Å². The van der Waals surface area contributed by atoms with E-state index in [1.165, 1.54) is 12.1 Å². The van der Waals surface area contributed by atoms with Crippen molar-refractivity contribution in [2.24, 2.45) is 0 Å². The summed E-state index contributed by atoms with van der Waals surface area (Å²) < 4.78 is 12.8. The second-order valence-electron chi connectivity index (χ2n) is 4.61. The molecule has 1 N–H and O–H groups in total. The van der Waals surface area contributed by atoms with Gasteiger partial charge in [-0.15, -0.1) is 0 Å². The van der Waals surface area contributed by atoms with Crippen molar-refractivity contribution < 1.29 is 9.50 Å². The van der Waals surface area contributed by atoms with Gasteiger partial charge in [0.25, 0.3) is 0 Å². The third-order valence-electron chi connectivity index (χ3n) is 3.19. The van der Waals surface area contributed by atoms with Crippen LogP contribution in [0.25, 0.3) is 0 Å². The third-order valence-corrected chi connectivity index (χ3v) is 3.19. The maximum absolute atomic E-state index is 12.8. The van der Waals surface area contributed by atoms with E-state index in [0.717, 1.165) is 11.3 Å². The molecule has 2 aromatic carbocycles. The average molecular weight is 259 g/mol. The highest BCUT2D eigenvalue weighted by Gasteiger charge is 2.08. The van der Waals surface area contributed by atoms with Crippen molar-refractivity contribution >= 4 is 5.69 Å². The molecule has 0 bridgehead atoms. The lowest BCUT2D eigenvalue weighted by Gasteiger charge is -2.21. The zero-order valence-electron chi connectivity index (χ0n) is 11.0. The quantitative estimate of drug-likeness (QED) is 0.889. The van der Waals surface area contributed by atoms with Crippen LogP contribution in [0.2, 0.25) is 0 Å². The lowest BCUT2D eigenvalue weighted by molar-refractivity contribution is 0.170. The van der Waals surface area contributed by atoms with Gasteiger partial charge in [-0.2, -0.15) is 0 Å². The van der Waals surface area contributed by atoms with Crippen molar-refractivity contribution in [1.29, 1.82) is 0 Å². The van der Waals surface area contributed by atoms with Gasteiger partial charge in [-0.3, -0.25) is 0 Å². The molecule has 1 atom stereocenters. The second-order valence-corrected chi connectivity index (χ2v) is 4.61. The molecule has 0 fully saturated rings. The number of aliphatic hydroxyl groups is 1. The first-order valence-corrected chi connectivity index (χ1v) is 6.36. The minimum absolute atomic E-state index is 0.235. The molecule has 0 radical (unpaired) electrons. The number of aliphatic hydroxyl groups excluding tert-OH is 1. The molecule has 0 amide bonds. The summed E-state index contributed by atoms with van der Waals surface area (Å²) in [6, 6.07) is 16.0. The second kappa shape index (κ2) is 6.34. The summed E-state index contributed by atoms with van der Waals surface area (Å²) in [6.07, 6.45) is 0.168. The maximum Gasteiger partial charge on any atom is 0.123 e. The largest absolute Gasteiger partial charge is 0.388 e. The molecule has 0 saturated carbocycles. The van der Waals surface area contributed by atoms with E-state index in [-0.39, 0.29) is 5.82 Å². The summed E-state index contributed by atoms with van der Waals surface area (Å²) in [5, 5.41) is 10.1. The van der Waals surface area contributed by atoms with Crippen molar-refractivity contribution in [1.82, 2.24) is 0 Å². The summed E-state index contributed by atoms with van der Waals surface area (Å²) in [6.45, 7) is 0.710. The Morgan fingerprint density at radius 3 is 2.32 bits per heavy atom. The van der Waals surface area contributed by atoms with Crippen LogP contribution in [-0.4, -0.2) is 18.7 Å². The van der Waals surface area contributed by atoms with Gasteiger partial charge >= 0.3 is 0 Å². The number of benzene rings is 2. The molecular weight excluding hydrogens is 241 g/mol. The monoisotopic (exact) mass is 259 g/mol. The van der Waals surface area contributed by atoms with Crippen LogP contribution < -0.4 is 4.90 Å². The van der Waals surface area contributed by atoms with Gasteiger partial charge in [0.05, 0.1) is 6.10 Å². The maximum atomic E-state index is 12.8. The highest BCUT2D eigenvalue weighted by molar-refractivity contribution is 5.45. The van der Waals surface area contributed by atoms with Gasteiger partial charge in [0.2, 0.25) is 0 Å². The Morgan fingerprint density at radius 1 is 1.05 bits per heavy atom. The minimum Gasteiger partial charge on any atom is -0.388 e. The fraction of sp³-hybridized carbons (Fsp3) is 0.250. The van der Waals surface area contributed by atoms with Gasteiger partial charge in [-0.25, -0.2) is 4.39 Å². The molecule has 0 heterocycles. The van der Waals surface area contributed by atoms with E-state index in [9.17, 15) is 9.50 Å². The van der Waals surface area contributed by atoms with Crippen LogP contribution in [-0.2, 0) is 0 Å². The Kier molecular flexibility index (Phi) is 4.53. The van der Waals surface area contributed by atoms with Crippen LogP contribution in [0, 0.1) is 5.82 Å². The summed E-state index contributed by atoms with van der Waals surface area (Å²) in [5.41, 5.74) is 1.87. The molecule has 0 saturated heterocycles. The van der Waals surface area contributed by atoms with E-state index in [1.54, 1.807) is 12.1 Å². The van der Waals surface area contributed by atoms with Crippen LogP contribution in [0.5, 0.6) is 0 Å². The van der Waals surface area contributed by atoms with Crippen LogP contribution in [0.1, 0.15) is 18.1 Å². The number of anilines is 1. The Morgan fingerprint density at radius 2 is 1.68 bits per heavy atom. The number of rotatable bonds is 5. The van der Waals surface area contributed by atoms with Crippen LogP contribution in [0.3, 0.4) is 0 Å². The van der Waals surface area contributed by atoms with E-state index < -0.39 is 6.10 Å². The first kappa shape index (κ1) is 13.6. The Balaban J connectivity index is 1.90. The minimum atomic E-state index is -0.468. The topological polar surface area (TPSA) is 23.5 Å². The molecule has 2 rings (SSSR count). The van der Waals surface area contributed by atoms with E-state index in [4.69, 9.17) is 0 Å². The van der Waals surface area contributed by atoms with Crippen LogP contribution >= 0.6 is 0 Å². The van der Waals surface area contributed by atoms with Crippen molar-refractivity contribution in [3.05, 3.63) is 66.0 Å². The zero-order chi connectivity index (χ0) is 13.7. The molecule has 100 valence electrons. The standard InChI is InChI=1S/C16H18FNO/c1-18(15-9-7-14(17)8-10-15)12-11-16(19)13-5-3-2-4-6-13/h2-10,16,19H,11-12H2,1H3. The van der Waals surface area contributed by atoms with Gasteiger partial charge in [-0.1, -0.05) is 30.3 Å². The Labute approximate surface area is 113 Å². The highest BCUT2D eigenvalue weighted by Crippen LogP contribution is 2.19. The molecule has 2 nitrogen and oxygen atoms in total. The van der Waals surface area contributed by atoms with Crippen LogP contribution in [0.4, 0.5) is 10.1 Å². The third kappa shape index (κ3) is 3.80. The van der Waals surface area contributed by atoms with Crippen molar-refractivity contribution in [2.75, 3.05) is 18.5 Å². The zero-order valence-corrected chi connectivity index (χ0v) is 11.0. The SMILES string of the molecule is CN(CCC(O)c1ccccc1)c1ccc(F)cc1. The Hall–Kier alpha value is -1.87. The fourth-order valence-corrected chi connectivity index (χ4v) is 1.98. The van der Waals surface area contributed by atoms with Gasteiger partial charge in [0.15, 0.2) is 0 Å². The van der Waals surface area contributed by atoms with E-state index >= 15 is 0 Å². The van der Waals surface area contributed by atoms with Gasteiger partial charge in [-0.05, 0) is 36.2 Å².